The topological polar surface area (TPSA) is 105 Å². The number of amides is 1. The minimum absolute atomic E-state index is 0.0324. The lowest BCUT2D eigenvalue weighted by atomic mass is 10.1. The zero-order chi connectivity index (χ0) is 24.0. The molecule has 0 aliphatic rings. The van der Waals surface area contributed by atoms with Crippen LogP contribution in [0.15, 0.2) is 81.7 Å². The van der Waals surface area contributed by atoms with Crippen molar-refractivity contribution < 1.29 is 22.1 Å². The molecule has 0 fully saturated rings. The van der Waals surface area contributed by atoms with Gasteiger partial charge in [-0.25, -0.2) is 0 Å². The number of hydrogen-bond donors (Lipinski definition) is 1. The van der Waals surface area contributed by atoms with Crippen molar-refractivity contribution in [2.45, 2.75) is 11.8 Å². The Kier molecular flexibility index (Phi) is 7.53. The maximum atomic E-state index is 12.5. The summed E-state index contributed by atoms with van der Waals surface area (Å²) in [7, 11) is -2.51. The van der Waals surface area contributed by atoms with Crippen LogP contribution < -0.4 is 14.2 Å². The van der Waals surface area contributed by atoms with Gasteiger partial charge in [-0.2, -0.15) is 13.7 Å². The lowest BCUT2D eigenvalue weighted by Crippen LogP contribution is -2.13. The minimum Gasteiger partial charge on any atom is -0.497 e. The number of aryl methyl sites for hydroxylation is 1. The van der Waals surface area contributed by atoms with E-state index in [2.05, 4.69) is 21.2 Å². The van der Waals surface area contributed by atoms with Gasteiger partial charge >= 0.3 is 10.1 Å². The van der Waals surface area contributed by atoms with Gasteiger partial charge in [-0.3, -0.25) is 4.79 Å². The molecule has 33 heavy (non-hydrogen) atoms. The predicted molar refractivity (Wildman–Crippen MR) is 128 cm³/mol. The predicted octanol–water partition coefficient (Wildman–Crippen LogP) is 5.08. The molecule has 0 spiro atoms. The molecule has 0 aliphatic carbocycles. The van der Waals surface area contributed by atoms with Crippen molar-refractivity contribution in [1.82, 2.24) is 0 Å². The highest BCUT2D eigenvalue weighted by atomic mass is 79.9. The van der Waals surface area contributed by atoms with E-state index in [0.29, 0.717) is 21.5 Å². The van der Waals surface area contributed by atoms with Crippen LogP contribution in [0, 0.1) is 18.3 Å². The molecule has 3 aromatic rings. The number of methoxy groups -OCH3 is 1. The Labute approximate surface area is 200 Å². The third-order valence-electron chi connectivity index (χ3n) is 4.47. The van der Waals surface area contributed by atoms with Crippen LogP contribution in [0.5, 0.6) is 11.5 Å². The SMILES string of the molecule is COc1cccc(NC(=O)/C(C#N)=C/c2ccc(OS(=O)(=O)c3ccc(C)cc3)c(Br)c2)c1. The number of ether oxygens (including phenoxy) is 1. The average molecular weight is 527 g/mol. The number of halogens is 1. The summed E-state index contributed by atoms with van der Waals surface area (Å²) in [5.74, 6) is 0.0478. The van der Waals surface area contributed by atoms with Gasteiger partial charge in [0.25, 0.3) is 5.91 Å². The highest BCUT2D eigenvalue weighted by Gasteiger charge is 2.18. The van der Waals surface area contributed by atoms with Crippen molar-refractivity contribution in [2.24, 2.45) is 0 Å². The fourth-order valence-electron chi connectivity index (χ4n) is 2.76. The molecule has 0 heterocycles. The molecule has 0 radical (unpaired) electrons. The second-order valence-electron chi connectivity index (χ2n) is 6.90. The average Bonchev–Trinajstić information content (AvgIpc) is 2.79. The summed E-state index contributed by atoms with van der Waals surface area (Å²) in [6.07, 6.45) is 1.39. The summed E-state index contributed by atoms with van der Waals surface area (Å²) >= 11 is 3.29. The lowest BCUT2D eigenvalue weighted by Gasteiger charge is -2.10. The molecule has 7 nitrogen and oxygen atoms in total. The van der Waals surface area contributed by atoms with Crippen LogP contribution >= 0.6 is 15.9 Å². The van der Waals surface area contributed by atoms with Crippen molar-refractivity contribution >= 4 is 43.7 Å². The Morgan fingerprint density at radius 2 is 1.82 bits per heavy atom. The van der Waals surface area contributed by atoms with Crippen molar-refractivity contribution in [2.75, 3.05) is 12.4 Å². The molecule has 0 saturated carbocycles. The molecule has 0 aromatic heterocycles. The largest absolute Gasteiger partial charge is 0.497 e. The van der Waals surface area contributed by atoms with Crippen LogP contribution in [0.2, 0.25) is 0 Å². The highest BCUT2D eigenvalue weighted by molar-refractivity contribution is 9.10. The molecule has 0 saturated heterocycles. The molecule has 9 heteroatoms. The first-order chi connectivity index (χ1) is 15.7. The van der Waals surface area contributed by atoms with Gasteiger partial charge in [-0.15, -0.1) is 0 Å². The number of anilines is 1. The van der Waals surface area contributed by atoms with Gasteiger partial charge in [0.1, 0.15) is 22.3 Å². The molecule has 3 aromatic carbocycles. The Morgan fingerprint density at radius 3 is 2.45 bits per heavy atom. The second kappa shape index (κ2) is 10.3. The summed E-state index contributed by atoms with van der Waals surface area (Å²) in [6.45, 7) is 1.85. The first kappa shape index (κ1) is 24.0. The van der Waals surface area contributed by atoms with Crippen LogP contribution in [0.1, 0.15) is 11.1 Å². The smallest absolute Gasteiger partial charge is 0.339 e. The van der Waals surface area contributed by atoms with Gasteiger partial charge in [0.05, 0.1) is 11.6 Å². The van der Waals surface area contributed by atoms with E-state index in [-0.39, 0.29) is 16.2 Å². The van der Waals surface area contributed by atoms with Crippen LogP contribution in [0.4, 0.5) is 5.69 Å². The van der Waals surface area contributed by atoms with Crippen molar-refractivity contribution in [3.8, 4) is 17.6 Å². The quantitative estimate of drug-likeness (QED) is 0.261. The molecule has 1 N–H and O–H groups in total. The number of nitrogens with one attached hydrogen (secondary N) is 1. The summed E-state index contributed by atoms with van der Waals surface area (Å²) in [5.41, 5.74) is 1.77. The van der Waals surface area contributed by atoms with Gasteiger partial charge in [0.15, 0.2) is 5.75 Å². The fourth-order valence-corrected chi connectivity index (χ4v) is 4.29. The molecule has 0 unspecified atom stereocenters. The number of carbonyl (C=O) groups is 1. The van der Waals surface area contributed by atoms with Crippen molar-refractivity contribution in [3.63, 3.8) is 0 Å². The number of benzene rings is 3. The summed E-state index contributed by atoms with van der Waals surface area (Å²) < 4.78 is 35.8. The Balaban J connectivity index is 1.79. The van der Waals surface area contributed by atoms with E-state index in [1.54, 1.807) is 48.5 Å². The van der Waals surface area contributed by atoms with Gasteiger partial charge in [0.2, 0.25) is 0 Å². The summed E-state index contributed by atoms with van der Waals surface area (Å²) in [6, 6.07) is 19.5. The standard InChI is InChI=1S/C24H19BrN2O5S/c1-16-6-9-21(10-7-16)33(29,30)32-23-11-8-17(13-22(23)25)12-18(15-26)24(28)27-19-4-3-5-20(14-19)31-2/h3-14H,1-2H3,(H,27,28)/b18-12+. The minimum atomic E-state index is -4.02. The van der Waals surface area contributed by atoms with Crippen LogP contribution in [-0.4, -0.2) is 21.4 Å². The number of hydrogen-bond acceptors (Lipinski definition) is 6. The van der Waals surface area contributed by atoms with E-state index in [0.717, 1.165) is 5.56 Å². The third kappa shape index (κ3) is 6.22. The Hall–Kier alpha value is -3.61. The fraction of sp³-hybridized carbons (Fsp3) is 0.0833. The van der Waals surface area contributed by atoms with E-state index in [1.807, 2.05) is 13.0 Å². The van der Waals surface area contributed by atoms with Gasteiger partial charge in [0, 0.05) is 11.8 Å². The van der Waals surface area contributed by atoms with E-state index in [1.165, 1.54) is 31.4 Å². The molecule has 1 amide bonds. The first-order valence-electron chi connectivity index (χ1n) is 9.60. The van der Waals surface area contributed by atoms with Crippen LogP contribution in [0.3, 0.4) is 0 Å². The number of nitriles is 1. The van der Waals surface area contributed by atoms with Crippen molar-refractivity contribution in [1.29, 1.82) is 5.26 Å². The van der Waals surface area contributed by atoms with Gasteiger partial charge in [-0.05, 0) is 70.9 Å². The summed E-state index contributed by atoms with van der Waals surface area (Å²) in [4.78, 5) is 12.5. The number of carbonyl (C=O) groups excluding carboxylic acids is 1. The van der Waals surface area contributed by atoms with Crippen LogP contribution in [-0.2, 0) is 14.9 Å². The molecular formula is C24H19BrN2O5S. The molecular weight excluding hydrogens is 508 g/mol. The normalized spacial score (nSPS) is 11.4. The number of nitrogens with zero attached hydrogens (tertiary/aromatic N) is 1. The second-order valence-corrected chi connectivity index (χ2v) is 9.30. The zero-order valence-electron chi connectivity index (χ0n) is 17.7. The molecule has 0 atom stereocenters. The summed E-state index contributed by atoms with van der Waals surface area (Å²) in [5, 5.41) is 12.1. The first-order valence-corrected chi connectivity index (χ1v) is 11.8. The molecule has 168 valence electrons. The van der Waals surface area contributed by atoms with E-state index < -0.39 is 16.0 Å². The van der Waals surface area contributed by atoms with E-state index in [9.17, 15) is 18.5 Å². The molecule has 3 rings (SSSR count). The van der Waals surface area contributed by atoms with E-state index in [4.69, 9.17) is 8.92 Å². The molecule has 0 aliphatic heterocycles. The zero-order valence-corrected chi connectivity index (χ0v) is 20.1. The van der Waals surface area contributed by atoms with Gasteiger partial charge in [-0.1, -0.05) is 29.8 Å². The van der Waals surface area contributed by atoms with Gasteiger partial charge < -0.3 is 14.2 Å². The van der Waals surface area contributed by atoms with E-state index >= 15 is 0 Å². The monoisotopic (exact) mass is 526 g/mol. The molecule has 0 bridgehead atoms. The maximum absolute atomic E-state index is 12.5. The third-order valence-corrected chi connectivity index (χ3v) is 6.34. The Morgan fingerprint density at radius 1 is 1.09 bits per heavy atom. The lowest BCUT2D eigenvalue weighted by molar-refractivity contribution is -0.112. The van der Waals surface area contributed by atoms with Crippen molar-refractivity contribution in [3.05, 3.63) is 87.9 Å². The highest BCUT2D eigenvalue weighted by Crippen LogP contribution is 2.30. The Bertz CT molecular complexity index is 1360. The van der Waals surface area contributed by atoms with Crippen LogP contribution in [0.25, 0.3) is 6.08 Å². The maximum Gasteiger partial charge on any atom is 0.339 e. The number of rotatable bonds is 7.